The fraction of sp³-hybridized carbons (Fsp3) is 0.444. The van der Waals surface area contributed by atoms with E-state index < -0.39 is 12.6 Å². The lowest BCUT2D eigenvalue weighted by Crippen LogP contribution is -2.20. The molecule has 0 fully saturated rings. The summed E-state index contributed by atoms with van der Waals surface area (Å²) in [6, 6.07) is 8.01. The van der Waals surface area contributed by atoms with Crippen LogP contribution >= 0.6 is 0 Å². The zero-order chi connectivity index (χ0) is 19.0. The van der Waals surface area contributed by atoms with E-state index in [4.69, 9.17) is 4.52 Å². The van der Waals surface area contributed by atoms with Gasteiger partial charge in [0.15, 0.2) is 11.6 Å². The molecular formula is C18H18F3N5O. The quantitative estimate of drug-likeness (QED) is 0.691. The third-order valence-electron chi connectivity index (χ3n) is 4.69. The van der Waals surface area contributed by atoms with E-state index in [9.17, 15) is 13.2 Å². The Hall–Kier alpha value is -2.71. The van der Waals surface area contributed by atoms with E-state index in [0.29, 0.717) is 18.9 Å². The van der Waals surface area contributed by atoms with Crippen molar-refractivity contribution in [2.45, 2.75) is 51.2 Å². The topological polar surface area (TPSA) is 69.6 Å². The molecule has 27 heavy (non-hydrogen) atoms. The van der Waals surface area contributed by atoms with Crippen molar-refractivity contribution >= 4 is 0 Å². The molecule has 0 radical (unpaired) electrons. The highest BCUT2D eigenvalue weighted by molar-refractivity contribution is 5.56. The van der Waals surface area contributed by atoms with E-state index in [1.54, 1.807) is 0 Å². The largest absolute Gasteiger partial charge is 0.389 e. The molecule has 0 spiro atoms. The molecule has 1 aromatic carbocycles. The Morgan fingerprint density at radius 3 is 2.89 bits per heavy atom. The van der Waals surface area contributed by atoms with Crippen LogP contribution in [0.1, 0.15) is 41.9 Å². The second kappa shape index (κ2) is 6.79. The Balaban J connectivity index is 1.53. The van der Waals surface area contributed by atoms with Gasteiger partial charge in [-0.2, -0.15) is 18.2 Å². The Labute approximate surface area is 153 Å². The van der Waals surface area contributed by atoms with Gasteiger partial charge in [-0.3, -0.25) is 0 Å². The van der Waals surface area contributed by atoms with Gasteiger partial charge in [-0.05, 0) is 19.4 Å². The van der Waals surface area contributed by atoms with E-state index in [2.05, 4.69) is 20.3 Å². The minimum absolute atomic E-state index is 0.0656. The van der Waals surface area contributed by atoms with Crippen LogP contribution < -0.4 is 0 Å². The number of hydrogen-bond donors (Lipinski definition) is 0. The number of aromatic nitrogens is 5. The van der Waals surface area contributed by atoms with Gasteiger partial charge in [-0.1, -0.05) is 28.9 Å². The number of alkyl halides is 3. The molecule has 2 aromatic heterocycles. The maximum absolute atomic E-state index is 12.4. The highest BCUT2D eigenvalue weighted by atomic mass is 19.4. The third kappa shape index (κ3) is 3.86. The van der Waals surface area contributed by atoms with Crippen molar-refractivity contribution in [3.05, 3.63) is 47.4 Å². The van der Waals surface area contributed by atoms with E-state index in [0.717, 1.165) is 29.2 Å². The molecular weight excluding hydrogens is 359 g/mol. The summed E-state index contributed by atoms with van der Waals surface area (Å²) in [5.74, 6) is 2.07. The number of benzene rings is 1. The molecule has 0 saturated carbocycles. The smallest absolute Gasteiger partial charge is 0.339 e. The predicted octanol–water partition coefficient (Wildman–Crippen LogP) is 3.86. The van der Waals surface area contributed by atoms with Crippen LogP contribution in [0.5, 0.6) is 0 Å². The Morgan fingerprint density at radius 1 is 1.26 bits per heavy atom. The van der Waals surface area contributed by atoms with Crippen molar-refractivity contribution < 1.29 is 17.7 Å². The molecule has 9 heteroatoms. The SMILES string of the molecule is Cc1cccc(-c2nnc3n2CC(c2nc(CCC(F)(F)F)no2)CC3)c1. The first kappa shape index (κ1) is 17.7. The van der Waals surface area contributed by atoms with Crippen molar-refractivity contribution in [2.75, 3.05) is 0 Å². The lowest BCUT2D eigenvalue weighted by molar-refractivity contribution is -0.134. The maximum atomic E-state index is 12.4. The molecule has 1 atom stereocenters. The molecule has 0 bridgehead atoms. The highest BCUT2D eigenvalue weighted by Gasteiger charge is 2.30. The minimum Gasteiger partial charge on any atom is -0.339 e. The molecule has 0 aliphatic carbocycles. The number of aryl methyl sites for hydroxylation is 3. The van der Waals surface area contributed by atoms with Crippen LogP contribution in [0.4, 0.5) is 13.2 Å². The molecule has 0 saturated heterocycles. The van der Waals surface area contributed by atoms with Gasteiger partial charge in [0.2, 0.25) is 5.89 Å². The van der Waals surface area contributed by atoms with Gasteiger partial charge in [0.25, 0.3) is 0 Å². The van der Waals surface area contributed by atoms with Crippen molar-refractivity contribution in [2.24, 2.45) is 0 Å². The Bertz CT molecular complexity index is 947. The molecule has 3 aromatic rings. The molecule has 1 unspecified atom stereocenters. The zero-order valence-corrected chi connectivity index (χ0v) is 14.7. The zero-order valence-electron chi connectivity index (χ0n) is 14.7. The first-order chi connectivity index (χ1) is 12.9. The van der Waals surface area contributed by atoms with Gasteiger partial charge >= 0.3 is 6.18 Å². The monoisotopic (exact) mass is 377 g/mol. The highest BCUT2D eigenvalue weighted by Crippen LogP contribution is 2.31. The first-order valence-electron chi connectivity index (χ1n) is 8.77. The van der Waals surface area contributed by atoms with Crippen molar-refractivity contribution in [3.63, 3.8) is 0 Å². The second-order valence-electron chi connectivity index (χ2n) is 6.82. The van der Waals surface area contributed by atoms with Crippen LogP contribution in [0, 0.1) is 6.92 Å². The van der Waals surface area contributed by atoms with Gasteiger partial charge in [0.05, 0.1) is 12.3 Å². The normalized spacial score (nSPS) is 17.1. The molecule has 1 aliphatic rings. The maximum Gasteiger partial charge on any atom is 0.389 e. The standard InChI is InChI=1S/C18H18F3N5O/c1-11-3-2-4-12(9-11)16-24-23-15-6-5-13(10-26(15)16)17-22-14(25-27-17)7-8-18(19,20)21/h2-4,9,13H,5-8,10H2,1H3. The number of fused-ring (bicyclic) bond motifs is 1. The summed E-state index contributed by atoms with van der Waals surface area (Å²) in [7, 11) is 0. The first-order valence-corrected chi connectivity index (χ1v) is 8.77. The van der Waals surface area contributed by atoms with Crippen LogP contribution in [0.15, 0.2) is 28.8 Å². The summed E-state index contributed by atoms with van der Waals surface area (Å²) in [4.78, 5) is 4.18. The summed E-state index contributed by atoms with van der Waals surface area (Å²) in [6.45, 7) is 2.58. The fourth-order valence-corrected chi connectivity index (χ4v) is 3.31. The van der Waals surface area contributed by atoms with Gasteiger partial charge in [-0.25, -0.2) is 0 Å². The Morgan fingerprint density at radius 2 is 2.11 bits per heavy atom. The lowest BCUT2D eigenvalue weighted by atomic mass is 9.99. The lowest BCUT2D eigenvalue weighted by Gasteiger charge is -2.21. The Kier molecular flexibility index (Phi) is 4.45. The minimum atomic E-state index is -4.23. The molecule has 0 N–H and O–H groups in total. The summed E-state index contributed by atoms with van der Waals surface area (Å²) < 4.78 is 44.4. The number of hydrogen-bond acceptors (Lipinski definition) is 5. The van der Waals surface area contributed by atoms with Gasteiger partial charge in [0, 0.05) is 24.9 Å². The van der Waals surface area contributed by atoms with E-state index in [1.807, 2.05) is 35.8 Å². The average molecular weight is 377 g/mol. The summed E-state index contributed by atoms with van der Waals surface area (Å²) in [6.07, 6.45) is -4.02. The molecule has 142 valence electrons. The molecule has 4 rings (SSSR count). The van der Waals surface area contributed by atoms with Crippen LogP contribution in [0.25, 0.3) is 11.4 Å². The third-order valence-corrected chi connectivity index (χ3v) is 4.69. The molecule has 1 aliphatic heterocycles. The number of nitrogens with zero attached hydrogens (tertiary/aromatic N) is 5. The van der Waals surface area contributed by atoms with Gasteiger partial charge in [0.1, 0.15) is 5.82 Å². The van der Waals surface area contributed by atoms with E-state index in [1.165, 1.54) is 0 Å². The summed E-state index contributed by atoms with van der Waals surface area (Å²) in [5, 5.41) is 12.3. The van der Waals surface area contributed by atoms with Crippen LogP contribution in [0.2, 0.25) is 0 Å². The molecule has 6 nitrogen and oxygen atoms in total. The van der Waals surface area contributed by atoms with E-state index in [-0.39, 0.29) is 18.2 Å². The number of rotatable bonds is 4. The van der Waals surface area contributed by atoms with Crippen LogP contribution in [-0.4, -0.2) is 31.1 Å². The van der Waals surface area contributed by atoms with Crippen molar-refractivity contribution in [3.8, 4) is 11.4 Å². The van der Waals surface area contributed by atoms with Gasteiger partial charge in [-0.15, -0.1) is 10.2 Å². The fourth-order valence-electron chi connectivity index (χ4n) is 3.31. The van der Waals surface area contributed by atoms with Crippen LogP contribution in [0.3, 0.4) is 0 Å². The van der Waals surface area contributed by atoms with Crippen molar-refractivity contribution in [1.29, 1.82) is 0 Å². The predicted molar refractivity (Wildman–Crippen MR) is 89.9 cm³/mol. The van der Waals surface area contributed by atoms with Gasteiger partial charge < -0.3 is 9.09 Å². The summed E-state index contributed by atoms with van der Waals surface area (Å²) in [5.41, 5.74) is 2.11. The van der Waals surface area contributed by atoms with E-state index >= 15 is 0 Å². The molecule has 3 heterocycles. The summed E-state index contributed by atoms with van der Waals surface area (Å²) >= 11 is 0. The average Bonchev–Trinajstić information content (AvgIpc) is 3.26. The molecule has 0 amide bonds. The van der Waals surface area contributed by atoms with Crippen molar-refractivity contribution in [1.82, 2.24) is 24.9 Å². The number of halogens is 3. The second-order valence-corrected chi connectivity index (χ2v) is 6.82. The van der Waals surface area contributed by atoms with Crippen LogP contribution in [-0.2, 0) is 19.4 Å².